The summed E-state index contributed by atoms with van der Waals surface area (Å²) in [5, 5.41) is 8.91. The molecule has 0 saturated carbocycles. The topological polar surface area (TPSA) is 75.8 Å². The highest BCUT2D eigenvalue weighted by molar-refractivity contribution is 5.69. The molecule has 0 amide bonds. The van der Waals surface area contributed by atoms with Crippen LogP contribution in [-0.2, 0) is 9.53 Å². The Morgan fingerprint density at radius 2 is 2.31 bits per heavy atom. The van der Waals surface area contributed by atoms with Gasteiger partial charge in [0.1, 0.15) is 0 Å². The number of nitrogens with two attached hydrogens (primary N) is 1. The normalized spacial score (nSPS) is 26.7. The van der Waals surface area contributed by atoms with Gasteiger partial charge in [0.25, 0.3) is 0 Å². The summed E-state index contributed by atoms with van der Waals surface area (Å²) in [7, 11) is 1.40. The summed E-state index contributed by atoms with van der Waals surface area (Å²) < 4.78 is 4.61. The first kappa shape index (κ1) is 13.4. The molecular formula is C11H22N2O3. The number of likely N-dealkylation sites (tertiary alicyclic amines) is 1. The highest BCUT2D eigenvalue weighted by Gasteiger charge is 2.24. The highest BCUT2D eigenvalue weighted by atomic mass is 16.5. The molecule has 16 heavy (non-hydrogen) atoms. The summed E-state index contributed by atoms with van der Waals surface area (Å²) in [6.45, 7) is 2.66. The average molecular weight is 230 g/mol. The van der Waals surface area contributed by atoms with Crippen LogP contribution in [0.1, 0.15) is 19.3 Å². The molecule has 3 N–H and O–H groups in total. The van der Waals surface area contributed by atoms with Crippen LogP contribution in [0.15, 0.2) is 0 Å². The summed E-state index contributed by atoms with van der Waals surface area (Å²) in [5.74, 6) is 0.268. The minimum Gasteiger partial charge on any atom is -0.469 e. The fourth-order valence-electron chi connectivity index (χ4n) is 2.27. The van der Waals surface area contributed by atoms with E-state index in [1.54, 1.807) is 0 Å². The Morgan fingerprint density at radius 1 is 1.56 bits per heavy atom. The molecule has 1 fully saturated rings. The Hall–Kier alpha value is -0.650. The van der Waals surface area contributed by atoms with Gasteiger partial charge in [-0.2, -0.15) is 0 Å². The van der Waals surface area contributed by atoms with E-state index in [0.29, 0.717) is 18.9 Å². The van der Waals surface area contributed by atoms with Gasteiger partial charge in [0.05, 0.1) is 13.5 Å². The predicted molar refractivity (Wildman–Crippen MR) is 60.9 cm³/mol. The number of carbonyl (C=O) groups excluding carboxylic acids is 1. The summed E-state index contributed by atoms with van der Waals surface area (Å²) in [6.07, 6.45) is 2.17. The average Bonchev–Trinajstić information content (AvgIpc) is 2.25. The molecule has 5 heteroatoms. The second-order valence-electron chi connectivity index (χ2n) is 4.46. The molecule has 1 heterocycles. The third-order valence-electron chi connectivity index (χ3n) is 3.04. The standard InChI is InChI=1S/C11H22N2O3/c1-16-11(15)2-4-13-7-9(3-5-14)6-10(12)8-13/h9-10,14H,2-8,12H2,1H3. The molecule has 1 aliphatic heterocycles. The van der Waals surface area contributed by atoms with E-state index in [-0.39, 0.29) is 18.6 Å². The van der Waals surface area contributed by atoms with Gasteiger partial charge >= 0.3 is 5.97 Å². The maximum Gasteiger partial charge on any atom is 0.306 e. The minimum atomic E-state index is -0.183. The van der Waals surface area contributed by atoms with E-state index >= 15 is 0 Å². The lowest BCUT2D eigenvalue weighted by atomic mass is 9.92. The maximum absolute atomic E-state index is 11.0. The van der Waals surface area contributed by atoms with Crippen LogP contribution in [0, 0.1) is 5.92 Å². The Morgan fingerprint density at radius 3 is 2.94 bits per heavy atom. The van der Waals surface area contributed by atoms with E-state index in [1.807, 2.05) is 0 Å². The number of hydrogen-bond donors (Lipinski definition) is 2. The van der Waals surface area contributed by atoms with Crippen molar-refractivity contribution in [1.82, 2.24) is 4.90 Å². The van der Waals surface area contributed by atoms with Crippen molar-refractivity contribution < 1.29 is 14.6 Å². The van der Waals surface area contributed by atoms with Crippen molar-refractivity contribution >= 4 is 5.97 Å². The van der Waals surface area contributed by atoms with Crippen LogP contribution in [0.5, 0.6) is 0 Å². The summed E-state index contributed by atoms with van der Waals surface area (Å²) in [6, 6.07) is 0.156. The molecule has 94 valence electrons. The lowest BCUT2D eigenvalue weighted by molar-refractivity contribution is -0.141. The van der Waals surface area contributed by atoms with Gasteiger partial charge in [-0.15, -0.1) is 0 Å². The van der Waals surface area contributed by atoms with Crippen molar-refractivity contribution in [3.05, 3.63) is 0 Å². The molecule has 0 aliphatic carbocycles. The first-order valence-corrected chi connectivity index (χ1v) is 5.81. The van der Waals surface area contributed by atoms with Crippen molar-refractivity contribution in [2.24, 2.45) is 11.7 Å². The maximum atomic E-state index is 11.0. The van der Waals surface area contributed by atoms with Crippen molar-refractivity contribution in [2.45, 2.75) is 25.3 Å². The van der Waals surface area contributed by atoms with Crippen molar-refractivity contribution in [1.29, 1.82) is 0 Å². The third-order valence-corrected chi connectivity index (χ3v) is 3.04. The van der Waals surface area contributed by atoms with Gasteiger partial charge in [-0.05, 0) is 18.8 Å². The van der Waals surface area contributed by atoms with Gasteiger partial charge in [-0.3, -0.25) is 4.79 Å². The Balaban J connectivity index is 2.32. The second kappa shape index (κ2) is 6.83. The smallest absolute Gasteiger partial charge is 0.306 e. The molecule has 2 atom stereocenters. The first-order valence-electron chi connectivity index (χ1n) is 5.81. The van der Waals surface area contributed by atoms with Gasteiger partial charge in [0.15, 0.2) is 0 Å². The summed E-state index contributed by atoms with van der Waals surface area (Å²) in [5.41, 5.74) is 5.95. The van der Waals surface area contributed by atoms with Gasteiger partial charge in [0, 0.05) is 32.3 Å². The van der Waals surface area contributed by atoms with Crippen LogP contribution < -0.4 is 5.73 Å². The van der Waals surface area contributed by atoms with Gasteiger partial charge in [-0.1, -0.05) is 0 Å². The van der Waals surface area contributed by atoms with Gasteiger partial charge in [-0.25, -0.2) is 0 Å². The number of ether oxygens (including phenoxy) is 1. The number of hydrogen-bond acceptors (Lipinski definition) is 5. The van der Waals surface area contributed by atoms with Crippen LogP contribution in [0.4, 0.5) is 0 Å². The molecule has 1 rings (SSSR count). The molecule has 0 spiro atoms. The molecule has 1 saturated heterocycles. The van der Waals surface area contributed by atoms with Crippen LogP contribution in [-0.4, -0.2) is 55.4 Å². The fraction of sp³-hybridized carbons (Fsp3) is 0.909. The number of nitrogens with zero attached hydrogens (tertiary/aromatic N) is 1. The number of rotatable bonds is 5. The van der Waals surface area contributed by atoms with E-state index in [4.69, 9.17) is 10.8 Å². The van der Waals surface area contributed by atoms with E-state index in [0.717, 1.165) is 25.9 Å². The van der Waals surface area contributed by atoms with Crippen molar-refractivity contribution in [2.75, 3.05) is 33.4 Å². The van der Waals surface area contributed by atoms with E-state index in [9.17, 15) is 4.79 Å². The van der Waals surface area contributed by atoms with E-state index in [2.05, 4.69) is 9.64 Å². The number of methoxy groups -OCH3 is 1. The number of piperidine rings is 1. The zero-order valence-corrected chi connectivity index (χ0v) is 9.89. The summed E-state index contributed by atoms with van der Waals surface area (Å²) in [4.78, 5) is 13.2. The quantitative estimate of drug-likeness (QED) is 0.627. The molecule has 0 aromatic rings. The zero-order valence-electron chi connectivity index (χ0n) is 9.89. The van der Waals surface area contributed by atoms with Crippen LogP contribution >= 0.6 is 0 Å². The summed E-state index contributed by atoms with van der Waals surface area (Å²) >= 11 is 0. The Labute approximate surface area is 96.6 Å². The molecule has 2 unspecified atom stereocenters. The first-order chi connectivity index (χ1) is 7.65. The van der Waals surface area contributed by atoms with Crippen LogP contribution in [0.2, 0.25) is 0 Å². The molecular weight excluding hydrogens is 208 g/mol. The van der Waals surface area contributed by atoms with E-state index in [1.165, 1.54) is 7.11 Å². The largest absolute Gasteiger partial charge is 0.469 e. The predicted octanol–water partition coefficient (Wildman–Crippen LogP) is -0.419. The molecule has 0 aromatic heterocycles. The number of aliphatic hydroxyl groups is 1. The monoisotopic (exact) mass is 230 g/mol. The Kier molecular flexibility index (Phi) is 5.73. The van der Waals surface area contributed by atoms with Crippen molar-refractivity contribution in [3.8, 4) is 0 Å². The SMILES string of the molecule is COC(=O)CCN1CC(N)CC(CCO)C1. The minimum absolute atomic E-state index is 0.156. The molecule has 0 aromatic carbocycles. The zero-order chi connectivity index (χ0) is 12.0. The van der Waals surface area contributed by atoms with Gasteiger partial charge in [0.2, 0.25) is 0 Å². The molecule has 0 radical (unpaired) electrons. The van der Waals surface area contributed by atoms with Crippen LogP contribution in [0.3, 0.4) is 0 Å². The number of carbonyl (C=O) groups is 1. The van der Waals surface area contributed by atoms with Crippen LogP contribution in [0.25, 0.3) is 0 Å². The molecule has 5 nitrogen and oxygen atoms in total. The number of esters is 1. The number of aliphatic hydroxyl groups excluding tert-OH is 1. The van der Waals surface area contributed by atoms with E-state index < -0.39 is 0 Å². The lowest BCUT2D eigenvalue weighted by Gasteiger charge is -2.35. The molecule has 0 bridgehead atoms. The second-order valence-corrected chi connectivity index (χ2v) is 4.46. The Bertz CT molecular complexity index is 223. The fourth-order valence-corrected chi connectivity index (χ4v) is 2.27. The van der Waals surface area contributed by atoms with Crippen molar-refractivity contribution in [3.63, 3.8) is 0 Å². The van der Waals surface area contributed by atoms with Gasteiger partial charge < -0.3 is 20.5 Å². The molecule has 1 aliphatic rings. The lowest BCUT2D eigenvalue weighted by Crippen LogP contribution is -2.47. The highest BCUT2D eigenvalue weighted by Crippen LogP contribution is 2.18. The third kappa shape index (κ3) is 4.47.